The highest BCUT2D eigenvalue weighted by Gasteiger charge is 2.21. The quantitative estimate of drug-likeness (QED) is 0.693. The fourth-order valence-corrected chi connectivity index (χ4v) is 4.18. The molecule has 0 atom stereocenters. The van der Waals surface area contributed by atoms with Crippen molar-refractivity contribution in [3.63, 3.8) is 0 Å². The second kappa shape index (κ2) is 6.72. The van der Waals surface area contributed by atoms with Gasteiger partial charge in [-0.3, -0.25) is 9.88 Å². The lowest BCUT2D eigenvalue weighted by Gasteiger charge is -2.27. The van der Waals surface area contributed by atoms with E-state index in [0.717, 1.165) is 53.6 Å². The van der Waals surface area contributed by atoms with Crippen LogP contribution in [0.1, 0.15) is 16.1 Å². The minimum Gasteiger partial charge on any atom is -0.293 e. The Morgan fingerprint density at radius 2 is 2.12 bits per heavy atom. The molecule has 4 rings (SSSR count). The molecule has 1 aliphatic heterocycles. The Bertz CT molecular complexity index is 868. The van der Waals surface area contributed by atoms with E-state index in [2.05, 4.69) is 19.9 Å². The molecule has 0 saturated heterocycles. The SMILES string of the molecule is Clc1nc(Cl)c(CN2CCc3nc(-c4cccnc4)ncc3C2)s1. The number of aromatic nitrogens is 4. The van der Waals surface area contributed by atoms with Crippen LogP contribution in [-0.2, 0) is 19.5 Å². The van der Waals surface area contributed by atoms with Crippen molar-refractivity contribution >= 4 is 34.5 Å². The first-order chi connectivity index (χ1) is 11.7. The van der Waals surface area contributed by atoms with Crippen molar-refractivity contribution in [2.75, 3.05) is 6.54 Å². The molecule has 4 heterocycles. The summed E-state index contributed by atoms with van der Waals surface area (Å²) in [5.74, 6) is 0.729. The predicted octanol–water partition coefficient (Wildman–Crippen LogP) is 3.86. The maximum absolute atomic E-state index is 6.11. The summed E-state index contributed by atoms with van der Waals surface area (Å²) in [6, 6.07) is 3.86. The minimum absolute atomic E-state index is 0.483. The largest absolute Gasteiger partial charge is 0.293 e. The summed E-state index contributed by atoms with van der Waals surface area (Å²) >= 11 is 13.5. The van der Waals surface area contributed by atoms with Crippen molar-refractivity contribution in [1.82, 2.24) is 24.8 Å². The smallest absolute Gasteiger partial charge is 0.185 e. The number of fused-ring (bicyclic) bond motifs is 1. The summed E-state index contributed by atoms with van der Waals surface area (Å²) in [6.45, 7) is 2.46. The zero-order valence-electron chi connectivity index (χ0n) is 12.6. The molecule has 0 amide bonds. The van der Waals surface area contributed by atoms with Crippen LogP contribution in [0.2, 0.25) is 9.62 Å². The molecule has 122 valence electrons. The summed E-state index contributed by atoms with van der Waals surface area (Å²) < 4.78 is 0.483. The van der Waals surface area contributed by atoms with E-state index in [-0.39, 0.29) is 0 Å². The van der Waals surface area contributed by atoms with Crippen molar-refractivity contribution in [3.05, 3.63) is 56.5 Å². The van der Waals surface area contributed by atoms with Crippen LogP contribution in [0.4, 0.5) is 0 Å². The van der Waals surface area contributed by atoms with Crippen molar-refractivity contribution in [2.24, 2.45) is 0 Å². The van der Waals surface area contributed by atoms with Gasteiger partial charge in [-0.2, -0.15) is 0 Å². The third kappa shape index (κ3) is 3.28. The first-order valence-corrected chi connectivity index (χ1v) is 9.04. The number of pyridine rings is 1. The van der Waals surface area contributed by atoms with Crippen LogP contribution in [0, 0.1) is 0 Å². The van der Waals surface area contributed by atoms with E-state index in [9.17, 15) is 0 Å². The molecule has 0 bridgehead atoms. The van der Waals surface area contributed by atoms with Gasteiger partial charge in [0.15, 0.2) is 10.3 Å². The molecule has 24 heavy (non-hydrogen) atoms. The maximum Gasteiger partial charge on any atom is 0.185 e. The van der Waals surface area contributed by atoms with Crippen LogP contribution in [0.25, 0.3) is 11.4 Å². The third-order valence-electron chi connectivity index (χ3n) is 3.92. The predicted molar refractivity (Wildman–Crippen MR) is 95.2 cm³/mol. The van der Waals surface area contributed by atoms with Gasteiger partial charge in [-0.1, -0.05) is 23.2 Å². The van der Waals surface area contributed by atoms with Gasteiger partial charge < -0.3 is 0 Å². The third-order valence-corrected chi connectivity index (χ3v) is 5.49. The summed E-state index contributed by atoms with van der Waals surface area (Å²) in [6.07, 6.45) is 6.33. The highest BCUT2D eigenvalue weighted by molar-refractivity contribution is 7.16. The number of thiazole rings is 1. The van der Waals surface area contributed by atoms with Crippen LogP contribution < -0.4 is 0 Å². The fraction of sp³-hybridized carbons (Fsp3) is 0.250. The Morgan fingerprint density at radius 1 is 1.21 bits per heavy atom. The van der Waals surface area contributed by atoms with Crippen LogP contribution in [0.5, 0.6) is 0 Å². The first-order valence-electron chi connectivity index (χ1n) is 7.47. The molecule has 5 nitrogen and oxygen atoms in total. The van der Waals surface area contributed by atoms with E-state index in [0.29, 0.717) is 9.62 Å². The zero-order chi connectivity index (χ0) is 16.5. The molecule has 3 aromatic rings. The van der Waals surface area contributed by atoms with Gasteiger partial charge in [-0.05, 0) is 12.1 Å². The number of rotatable bonds is 3. The fourth-order valence-electron chi connectivity index (χ4n) is 2.75. The summed E-state index contributed by atoms with van der Waals surface area (Å²) in [7, 11) is 0. The molecule has 0 aromatic carbocycles. The van der Waals surface area contributed by atoms with Gasteiger partial charge in [-0.15, -0.1) is 11.3 Å². The molecule has 0 saturated carbocycles. The van der Waals surface area contributed by atoms with E-state index < -0.39 is 0 Å². The van der Waals surface area contributed by atoms with Crippen molar-refractivity contribution in [3.8, 4) is 11.4 Å². The van der Waals surface area contributed by atoms with E-state index in [4.69, 9.17) is 28.2 Å². The highest BCUT2D eigenvalue weighted by atomic mass is 35.5. The van der Waals surface area contributed by atoms with Gasteiger partial charge >= 0.3 is 0 Å². The monoisotopic (exact) mass is 377 g/mol. The van der Waals surface area contributed by atoms with Crippen LogP contribution >= 0.6 is 34.5 Å². The van der Waals surface area contributed by atoms with E-state index in [1.807, 2.05) is 18.3 Å². The Balaban J connectivity index is 1.53. The second-order valence-corrected chi connectivity index (χ2v) is 7.57. The lowest BCUT2D eigenvalue weighted by atomic mass is 10.1. The molecule has 3 aromatic heterocycles. The highest BCUT2D eigenvalue weighted by Crippen LogP contribution is 2.29. The molecule has 0 radical (unpaired) electrons. The normalized spacial score (nSPS) is 14.6. The molecule has 0 aliphatic carbocycles. The molecule has 8 heteroatoms. The molecule has 0 unspecified atom stereocenters. The molecule has 0 N–H and O–H groups in total. The number of hydrogen-bond acceptors (Lipinski definition) is 6. The number of halogens is 2. The maximum atomic E-state index is 6.11. The Morgan fingerprint density at radius 3 is 2.88 bits per heavy atom. The second-order valence-electron chi connectivity index (χ2n) is 5.55. The summed E-state index contributed by atoms with van der Waals surface area (Å²) in [5, 5.41) is 0.499. The molecule has 0 spiro atoms. The molecule has 1 aliphatic rings. The van der Waals surface area contributed by atoms with Crippen molar-refractivity contribution in [2.45, 2.75) is 19.5 Å². The zero-order valence-corrected chi connectivity index (χ0v) is 14.9. The molecule has 0 fully saturated rings. The lowest BCUT2D eigenvalue weighted by Crippen LogP contribution is -2.30. The first kappa shape index (κ1) is 15.9. The standard InChI is InChI=1S/C16H13Cl2N5S/c17-14-13(24-16(18)22-14)9-23-5-3-12-11(8-23)7-20-15(21-12)10-2-1-4-19-6-10/h1-2,4,6-7H,3,5,8-9H2. The van der Waals surface area contributed by atoms with Gasteiger partial charge in [0.2, 0.25) is 0 Å². The van der Waals surface area contributed by atoms with Crippen molar-refractivity contribution in [1.29, 1.82) is 0 Å². The van der Waals surface area contributed by atoms with Crippen LogP contribution in [-0.4, -0.2) is 31.4 Å². The average Bonchev–Trinajstić information content (AvgIpc) is 2.92. The van der Waals surface area contributed by atoms with Gasteiger partial charge in [0.05, 0.1) is 10.6 Å². The molecular formula is C16H13Cl2N5S. The molecular weight excluding hydrogens is 365 g/mol. The van der Waals surface area contributed by atoms with Crippen LogP contribution in [0.3, 0.4) is 0 Å². The van der Waals surface area contributed by atoms with Gasteiger partial charge in [-0.25, -0.2) is 15.0 Å². The van der Waals surface area contributed by atoms with Crippen molar-refractivity contribution < 1.29 is 0 Å². The Labute approximate surface area is 153 Å². The Hall–Kier alpha value is -1.60. The minimum atomic E-state index is 0.483. The number of hydrogen-bond donors (Lipinski definition) is 0. The summed E-state index contributed by atoms with van der Waals surface area (Å²) in [5.41, 5.74) is 3.20. The van der Waals surface area contributed by atoms with Crippen LogP contribution in [0.15, 0.2) is 30.7 Å². The number of nitrogens with zero attached hydrogens (tertiary/aromatic N) is 5. The van der Waals surface area contributed by atoms with E-state index in [1.54, 1.807) is 12.4 Å². The van der Waals surface area contributed by atoms with Gasteiger partial charge in [0, 0.05) is 55.8 Å². The van der Waals surface area contributed by atoms with Gasteiger partial charge in [0.25, 0.3) is 0 Å². The van der Waals surface area contributed by atoms with Gasteiger partial charge in [0.1, 0.15) is 5.15 Å². The lowest BCUT2D eigenvalue weighted by molar-refractivity contribution is 0.245. The Kier molecular flexibility index (Phi) is 4.45. The average molecular weight is 378 g/mol. The van der Waals surface area contributed by atoms with E-state index >= 15 is 0 Å². The van der Waals surface area contributed by atoms with E-state index in [1.165, 1.54) is 11.3 Å². The summed E-state index contributed by atoms with van der Waals surface area (Å²) in [4.78, 5) is 20.7. The topological polar surface area (TPSA) is 54.8 Å².